The van der Waals surface area contributed by atoms with Gasteiger partial charge >= 0.3 is 0 Å². The summed E-state index contributed by atoms with van der Waals surface area (Å²) in [6.45, 7) is 4.90. The lowest BCUT2D eigenvalue weighted by atomic mass is 9.64. The molecular formula is C33H40ClN5O5S. The van der Waals surface area contributed by atoms with E-state index in [0.29, 0.717) is 42.6 Å². The van der Waals surface area contributed by atoms with Crippen LogP contribution in [0.4, 0.5) is 5.69 Å². The van der Waals surface area contributed by atoms with E-state index in [4.69, 9.17) is 21.9 Å². The number of sulfonamides is 1. The summed E-state index contributed by atoms with van der Waals surface area (Å²) < 4.78 is 35.4. The summed E-state index contributed by atoms with van der Waals surface area (Å²) >= 11 is 6.40. The summed E-state index contributed by atoms with van der Waals surface area (Å²) in [6, 6.07) is 11.2. The molecule has 2 bridgehead atoms. The number of fused-ring (bicyclic) bond motifs is 4. The minimum atomic E-state index is -4.01. The van der Waals surface area contributed by atoms with Crippen LogP contribution in [0.1, 0.15) is 67.4 Å². The fraction of sp³-hybridized carbons (Fsp3) is 0.545. The lowest BCUT2D eigenvalue weighted by molar-refractivity contribution is -0.0382. The molecule has 6 rings (SSSR count). The second kappa shape index (κ2) is 12.2. The molecule has 45 heavy (non-hydrogen) atoms. The van der Waals surface area contributed by atoms with Gasteiger partial charge in [-0.15, -0.1) is 0 Å². The third kappa shape index (κ3) is 6.03. The van der Waals surface area contributed by atoms with Crippen molar-refractivity contribution >= 4 is 33.2 Å². The summed E-state index contributed by atoms with van der Waals surface area (Å²) in [5.41, 5.74) is 10.8. The minimum absolute atomic E-state index is 0.0759. The van der Waals surface area contributed by atoms with Crippen LogP contribution in [0.25, 0.3) is 10.4 Å². The van der Waals surface area contributed by atoms with Gasteiger partial charge < -0.3 is 14.7 Å². The monoisotopic (exact) mass is 653 g/mol. The number of halogens is 1. The number of carbonyl (C=O) groups is 1. The lowest BCUT2D eigenvalue weighted by Gasteiger charge is -2.49. The van der Waals surface area contributed by atoms with Crippen LogP contribution in [0.3, 0.4) is 0 Å². The van der Waals surface area contributed by atoms with Crippen molar-refractivity contribution in [1.29, 1.82) is 0 Å². The van der Waals surface area contributed by atoms with Crippen LogP contribution >= 0.6 is 11.6 Å². The average molecular weight is 654 g/mol. The molecule has 10 nitrogen and oxygen atoms in total. The van der Waals surface area contributed by atoms with E-state index in [-0.39, 0.29) is 35.3 Å². The molecular weight excluding hydrogens is 614 g/mol. The number of carbonyl (C=O) groups excluding carboxylic acids is 1. The molecule has 0 aromatic heterocycles. The quantitative estimate of drug-likeness (QED) is 0.178. The van der Waals surface area contributed by atoms with Gasteiger partial charge in [-0.3, -0.25) is 4.79 Å². The van der Waals surface area contributed by atoms with Gasteiger partial charge in [0.05, 0.1) is 29.7 Å². The predicted molar refractivity (Wildman–Crippen MR) is 174 cm³/mol. The molecule has 2 aliphatic heterocycles. The Bertz CT molecular complexity index is 1680. The molecule has 1 amide bonds. The normalized spacial score (nSPS) is 33.2. The molecule has 1 spiro atoms. The van der Waals surface area contributed by atoms with E-state index in [1.807, 2.05) is 12.1 Å². The number of azide groups is 1. The van der Waals surface area contributed by atoms with Crippen LogP contribution in [0.5, 0.6) is 5.75 Å². The van der Waals surface area contributed by atoms with Gasteiger partial charge in [0.25, 0.3) is 5.91 Å². The van der Waals surface area contributed by atoms with Crippen LogP contribution in [0.15, 0.2) is 53.7 Å². The van der Waals surface area contributed by atoms with Crippen molar-refractivity contribution in [2.24, 2.45) is 22.9 Å². The second-order valence-electron chi connectivity index (χ2n) is 13.4. The lowest BCUT2D eigenvalue weighted by Crippen LogP contribution is -2.53. The first kappa shape index (κ1) is 31.7. The van der Waals surface area contributed by atoms with Gasteiger partial charge in [-0.2, -0.15) is 0 Å². The maximum atomic E-state index is 13.4. The number of nitrogens with one attached hydrogen (secondary N) is 1. The van der Waals surface area contributed by atoms with E-state index in [2.05, 4.69) is 25.7 Å². The number of benzene rings is 2. The minimum Gasteiger partial charge on any atom is -0.490 e. The highest BCUT2D eigenvalue weighted by molar-refractivity contribution is 7.90. The summed E-state index contributed by atoms with van der Waals surface area (Å²) in [6.07, 6.45) is 8.31. The smallest absolute Gasteiger partial charge is 0.264 e. The van der Waals surface area contributed by atoms with Gasteiger partial charge in [0.1, 0.15) is 5.75 Å². The van der Waals surface area contributed by atoms with E-state index in [1.165, 1.54) is 11.1 Å². The number of allylic oxidation sites excluding steroid dienone is 1. The summed E-state index contributed by atoms with van der Waals surface area (Å²) in [5, 5.41) is 15.5. The molecule has 2 aromatic carbocycles. The molecule has 2 aliphatic carbocycles. The Balaban J connectivity index is 1.46. The number of hydrogen-bond donors (Lipinski definition) is 2. The average Bonchev–Trinajstić information content (AvgIpc) is 3.14. The number of anilines is 1. The van der Waals surface area contributed by atoms with Gasteiger partial charge in [0.15, 0.2) is 0 Å². The first-order valence-electron chi connectivity index (χ1n) is 15.7. The van der Waals surface area contributed by atoms with Gasteiger partial charge in [0.2, 0.25) is 10.0 Å². The predicted octanol–water partition coefficient (Wildman–Crippen LogP) is 5.92. The maximum Gasteiger partial charge on any atom is 0.264 e. The summed E-state index contributed by atoms with van der Waals surface area (Å²) in [4.78, 5) is 18.6. The van der Waals surface area contributed by atoms with Crippen molar-refractivity contribution in [3.05, 3.63) is 80.7 Å². The molecule has 0 saturated heterocycles. The highest BCUT2D eigenvalue weighted by atomic mass is 35.5. The number of amides is 1. The summed E-state index contributed by atoms with van der Waals surface area (Å²) in [5.74, 6) is -0.499. The van der Waals surface area contributed by atoms with Crippen LogP contribution in [0.2, 0.25) is 5.02 Å². The molecule has 12 heteroatoms. The fourth-order valence-electron chi connectivity index (χ4n) is 7.69. The maximum absolute atomic E-state index is 13.4. The Labute approximate surface area is 269 Å². The van der Waals surface area contributed by atoms with Crippen LogP contribution in [-0.2, 0) is 21.9 Å². The number of aliphatic hydroxyl groups is 1. The van der Waals surface area contributed by atoms with E-state index >= 15 is 0 Å². The number of aryl methyl sites for hydroxylation is 1. The molecule has 1 fully saturated rings. The SMILES string of the molecule is C[C@@H]1[C@@H](C)C/C=C/C(O)(CN=[N+]=[N-])[C@@H]2CC[C@H]2CN2C[C@@]3(CCCc4cc(Cl)ccc43)COc3ccc(cc32)C(=O)NS1(=O)=O. The van der Waals surface area contributed by atoms with Crippen molar-refractivity contribution in [1.82, 2.24) is 4.72 Å². The second-order valence-corrected chi connectivity index (χ2v) is 15.9. The van der Waals surface area contributed by atoms with E-state index in [0.717, 1.165) is 32.1 Å². The third-order valence-corrected chi connectivity index (χ3v) is 12.8. The van der Waals surface area contributed by atoms with Crippen LogP contribution < -0.4 is 14.4 Å². The highest BCUT2D eigenvalue weighted by Gasteiger charge is 2.48. The Hall–Kier alpha value is -3.24. The number of rotatable bonds is 2. The molecule has 1 saturated carbocycles. The topological polar surface area (TPSA) is 145 Å². The Kier molecular flexibility index (Phi) is 8.58. The molecule has 240 valence electrons. The largest absolute Gasteiger partial charge is 0.490 e. The standard InChI is InChI=1S/C33H40ClN5O5S/c1-21-5-3-14-33(41,18-36-38-35)28-10-7-25(28)17-39-19-32(13-4-6-23-15-26(34)9-11-27(23)32)20-44-30-12-8-24(16-29(30)39)31(40)37-45(42,43)22(21)2/h3,8-9,11-12,14-16,21-22,25,28,41H,4-7,10,13,17-20H2,1-2H3,(H,37,40)/b14-3+/t21-,22+,25-,28+,32-,33?/m0/s1. The molecule has 2 aromatic rings. The molecule has 6 atom stereocenters. The highest BCUT2D eigenvalue weighted by Crippen LogP contribution is 2.48. The molecule has 2 N–H and O–H groups in total. The zero-order valence-electron chi connectivity index (χ0n) is 25.7. The first-order chi connectivity index (χ1) is 21.4. The van der Waals surface area contributed by atoms with Gasteiger partial charge in [-0.1, -0.05) is 41.9 Å². The van der Waals surface area contributed by atoms with Crippen LogP contribution in [0, 0.1) is 17.8 Å². The molecule has 2 heterocycles. The van der Waals surface area contributed by atoms with Crippen molar-refractivity contribution in [3.63, 3.8) is 0 Å². The van der Waals surface area contributed by atoms with Crippen LogP contribution in [-0.4, -0.2) is 56.5 Å². The van der Waals surface area contributed by atoms with Crippen molar-refractivity contribution in [3.8, 4) is 5.75 Å². The Morgan fingerprint density at radius 1 is 1.22 bits per heavy atom. The van der Waals surface area contributed by atoms with Crippen molar-refractivity contribution < 1.29 is 23.1 Å². The number of hydrogen-bond acceptors (Lipinski definition) is 7. The third-order valence-electron chi connectivity index (χ3n) is 10.6. The molecule has 0 radical (unpaired) electrons. The number of ether oxygens (including phenoxy) is 1. The van der Waals surface area contributed by atoms with Gasteiger partial charge in [-0.05, 0) is 110 Å². The van der Waals surface area contributed by atoms with E-state index in [1.54, 1.807) is 44.2 Å². The summed E-state index contributed by atoms with van der Waals surface area (Å²) in [7, 11) is -4.01. The molecule has 1 unspecified atom stereocenters. The van der Waals surface area contributed by atoms with E-state index < -0.39 is 26.8 Å². The fourth-order valence-corrected chi connectivity index (χ4v) is 9.17. The van der Waals surface area contributed by atoms with Crippen molar-refractivity contribution in [2.45, 2.75) is 68.6 Å². The zero-order chi connectivity index (χ0) is 32.0. The number of nitrogens with zero attached hydrogens (tertiary/aromatic N) is 4. The Morgan fingerprint density at radius 3 is 2.80 bits per heavy atom. The molecule has 4 aliphatic rings. The Morgan fingerprint density at radius 2 is 2.04 bits per heavy atom. The van der Waals surface area contributed by atoms with E-state index in [9.17, 15) is 18.3 Å². The van der Waals surface area contributed by atoms with Gasteiger partial charge in [0, 0.05) is 34.0 Å². The van der Waals surface area contributed by atoms with Crippen molar-refractivity contribution in [2.75, 3.05) is 31.1 Å². The zero-order valence-corrected chi connectivity index (χ0v) is 27.2. The first-order valence-corrected chi connectivity index (χ1v) is 17.6. The van der Waals surface area contributed by atoms with Gasteiger partial charge in [-0.25, -0.2) is 13.1 Å².